The molecule has 0 bridgehead atoms. The molecule has 2 aliphatic rings. The predicted octanol–water partition coefficient (Wildman–Crippen LogP) is 3.66. The van der Waals surface area contributed by atoms with E-state index < -0.39 is 23.7 Å². The monoisotopic (exact) mass is 384 g/mol. The van der Waals surface area contributed by atoms with Gasteiger partial charge in [0.1, 0.15) is 5.78 Å². The number of nitrogens with zero attached hydrogens (tertiary/aromatic N) is 1. The van der Waals surface area contributed by atoms with Gasteiger partial charge in [-0.15, -0.1) is 0 Å². The first-order valence-corrected chi connectivity index (χ1v) is 9.50. The Kier molecular flexibility index (Phi) is 4.66. The molecule has 4 rings (SSSR count). The highest BCUT2D eigenvalue weighted by atomic mass is 35.5. The van der Waals surface area contributed by atoms with E-state index in [1.165, 1.54) is 4.90 Å². The Bertz CT molecular complexity index is 873. The maximum atomic E-state index is 13.0. The van der Waals surface area contributed by atoms with E-state index in [2.05, 4.69) is 5.32 Å². The molecular formula is C21H21ClN2O3. The van der Waals surface area contributed by atoms with Gasteiger partial charge < -0.3 is 10.4 Å². The number of amides is 2. The number of carbonyl (C=O) groups excluding carboxylic acids is 2. The standard InChI is InChI=1S/C21H21ClN2O3/c22-16-10-5-4-9-15(16)19-18-17(25)11-6-12-21(18,27)24(20(26)23-19)13-14-7-2-1-3-8-14/h1-5,7-10,18-19,27H,6,11-13H2,(H,23,26). The number of hydrogen-bond donors (Lipinski definition) is 2. The van der Waals surface area contributed by atoms with E-state index in [9.17, 15) is 14.7 Å². The molecule has 3 unspecified atom stereocenters. The smallest absolute Gasteiger partial charge is 0.320 e. The lowest BCUT2D eigenvalue weighted by molar-refractivity contribution is -0.180. The molecule has 5 nitrogen and oxygen atoms in total. The van der Waals surface area contributed by atoms with Crippen LogP contribution in [0.1, 0.15) is 36.4 Å². The third kappa shape index (κ3) is 3.11. The Hall–Kier alpha value is -2.37. The van der Waals surface area contributed by atoms with Crippen LogP contribution in [-0.4, -0.2) is 27.5 Å². The van der Waals surface area contributed by atoms with Crippen molar-refractivity contribution in [2.45, 2.75) is 37.6 Å². The summed E-state index contributed by atoms with van der Waals surface area (Å²) in [6, 6.07) is 15.6. The van der Waals surface area contributed by atoms with Crippen molar-refractivity contribution in [3.63, 3.8) is 0 Å². The number of carbonyl (C=O) groups is 2. The summed E-state index contributed by atoms with van der Waals surface area (Å²) in [5.41, 5.74) is 0.0248. The van der Waals surface area contributed by atoms with Crippen molar-refractivity contribution in [3.05, 3.63) is 70.7 Å². The number of aliphatic hydroxyl groups is 1. The molecule has 1 saturated carbocycles. The summed E-state index contributed by atoms with van der Waals surface area (Å²) in [4.78, 5) is 27.2. The van der Waals surface area contributed by atoms with Gasteiger partial charge in [-0.1, -0.05) is 60.1 Å². The predicted molar refractivity (Wildman–Crippen MR) is 102 cm³/mol. The zero-order valence-electron chi connectivity index (χ0n) is 14.8. The number of urea groups is 1. The highest BCUT2D eigenvalue weighted by molar-refractivity contribution is 6.31. The van der Waals surface area contributed by atoms with E-state index in [1.807, 2.05) is 36.4 Å². The lowest BCUT2D eigenvalue weighted by Gasteiger charge is -2.53. The van der Waals surface area contributed by atoms with Gasteiger partial charge in [0.25, 0.3) is 0 Å². The minimum atomic E-state index is -1.53. The number of halogens is 1. The van der Waals surface area contributed by atoms with Gasteiger partial charge in [-0.2, -0.15) is 0 Å². The second-order valence-electron chi connectivity index (χ2n) is 7.20. The second-order valence-corrected chi connectivity index (χ2v) is 7.60. The number of Topliss-reactive ketones (excluding diaryl/α,β-unsaturated/α-hetero) is 1. The first-order chi connectivity index (χ1) is 13.0. The zero-order chi connectivity index (χ0) is 19.0. The van der Waals surface area contributed by atoms with Crippen molar-refractivity contribution in [3.8, 4) is 0 Å². The molecule has 3 atom stereocenters. The Morgan fingerprint density at radius 1 is 1.11 bits per heavy atom. The molecule has 2 aromatic rings. The van der Waals surface area contributed by atoms with Gasteiger partial charge >= 0.3 is 6.03 Å². The fourth-order valence-electron chi connectivity index (χ4n) is 4.28. The van der Waals surface area contributed by atoms with Crippen molar-refractivity contribution >= 4 is 23.4 Å². The minimum absolute atomic E-state index is 0.0493. The van der Waals surface area contributed by atoms with E-state index in [1.54, 1.807) is 18.2 Å². The fourth-order valence-corrected chi connectivity index (χ4v) is 4.53. The van der Waals surface area contributed by atoms with Gasteiger partial charge in [0.05, 0.1) is 18.5 Å². The first-order valence-electron chi connectivity index (χ1n) is 9.12. The largest absolute Gasteiger partial charge is 0.370 e. The van der Waals surface area contributed by atoms with Crippen LogP contribution < -0.4 is 5.32 Å². The molecule has 2 N–H and O–H groups in total. The average molecular weight is 385 g/mol. The molecule has 27 heavy (non-hydrogen) atoms. The number of ketones is 1. The number of nitrogens with one attached hydrogen (secondary N) is 1. The highest BCUT2D eigenvalue weighted by Crippen LogP contribution is 2.46. The summed E-state index contributed by atoms with van der Waals surface area (Å²) in [7, 11) is 0. The van der Waals surface area contributed by atoms with E-state index in [-0.39, 0.29) is 12.3 Å². The number of hydrogen-bond acceptors (Lipinski definition) is 3. The maximum absolute atomic E-state index is 13.0. The van der Waals surface area contributed by atoms with Crippen LogP contribution in [0, 0.1) is 5.92 Å². The molecule has 0 aromatic heterocycles. The van der Waals surface area contributed by atoms with Crippen molar-refractivity contribution in [1.29, 1.82) is 0 Å². The van der Waals surface area contributed by atoms with E-state index in [0.717, 1.165) is 5.56 Å². The molecule has 2 fully saturated rings. The molecule has 1 aliphatic carbocycles. The Morgan fingerprint density at radius 2 is 1.81 bits per heavy atom. The van der Waals surface area contributed by atoms with Crippen LogP contribution in [0.3, 0.4) is 0 Å². The Morgan fingerprint density at radius 3 is 2.56 bits per heavy atom. The summed E-state index contributed by atoms with van der Waals surface area (Å²) in [5, 5.41) is 15.0. The summed E-state index contributed by atoms with van der Waals surface area (Å²) in [5.74, 6) is -0.806. The van der Waals surface area contributed by atoms with Crippen LogP contribution in [0.2, 0.25) is 5.02 Å². The Labute approximate surface area is 162 Å². The molecule has 1 aliphatic heterocycles. The SMILES string of the molecule is O=C1CCCC2(O)C1C(c1ccccc1Cl)NC(=O)N2Cc1ccccc1. The second kappa shape index (κ2) is 6.98. The Balaban J connectivity index is 1.75. The number of benzene rings is 2. The van der Waals surface area contributed by atoms with Crippen molar-refractivity contribution in [2.24, 2.45) is 5.92 Å². The maximum Gasteiger partial charge on any atom is 0.320 e. The first kappa shape index (κ1) is 18.0. The molecule has 1 heterocycles. The van der Waals surface area contributed by atoms with Crippen LogP contribution in [0.15, 0.2) is 54.6 Å². The van der Waals surface area contributed by atoms with Crippen LogP contribution in [0.25, 0.3) is 0 Å². The minimum Gasteiger partial charge on any atom is -0.370 e. The van der Waals surface area contributed by atoms with Crippen molar-refractivity contribution in [2.75, 3.05) is 0 Å². The van der Waals surface area contributed by atoms with Gasteiger partial charge in [-0.25, -0.2) is 4.79 Å². The summed E-state index contributed by atoms with van der Waals surface area (Å²) >= 11 is 6.34. The third-order valence-electron chi connectivity index (χ3n) is 5.56. The topological polar surface area (TPSA) is 69.6 Å². The van der Waals surface area contributed by atoms with Crippen LogP contribution in [-0.2, 0) is 11.3 Å². The number of rotatable bonds is 3. The summed E-state index contributed by atoms with van der Waals surface area (Å²) < 4.78 is 0. The van der Waals surface area contributed by atoms with Crippen molar-refractivity contribution < 1.29 is 14.7 Å². The van der Waals surface area contributed by atoms with Crippen LogP contribution in [0.5, 0.6) is 0 Å². The summed E-state index contributed by atoms with van der Waals surface area (Å²) in [6.07, 6.45) is 1.31. The normalized spacial score (nSPS) is 27.9. The van der Waals surface area contributed by atoms with Gasteiger partial charge in [0.2, 0.25) is 0 Å². The fraction of sp³-hybridized carbons (Fsp3) is 0.333. The van der Waals surface area contributed by atoms with Crippen LogP contribution >= 0.6 is 11.6 Å². The quantitative estimate of drug-likeness (QED) is 0.848. The van der Waals surface area contributed by atoms with E-state index in [0.29, 0.717) is 29.8 Å². The molecule has 2 aromatic carbocycles. The highest BCUT2D eigenvalue weighted by Gasteiger charge is 2.57. The van der Waals surface area contributed by atoms with Crippen molar-refractivity contribution in [1.82, 2.24) is 10.2 Å². The molecule has 1 saturated heterocycles. The van der Waals surface area contributed by atoms with Gasteiger partial charge in [0, 0.05) is 11.4 Å². The molecule has 140 valence electrons. The lowest BCUT2D eigenvalue weighted by Crippen LogP contribution is -2.69. The molecule has 6 heteroatoms. The molecule has 2 amide bonds. The van der Waals surface area contributed by atoms with Gasteiger partial charge in [-0.3, -0.25) is 9.69 Å². The molecular weight excluding hydrogens is 364 g/mol. The lowest BCUT2D eigenvalue weighted by atomic mass is 9.71. The van der Waals surface area contributed by atoms with E-state index >= 15 is 0 Å². The molecule has 0 spiro atoms. The van der Waals surface area contributed by atoms with E-state index in [4.69, 9.17) is 11.6 Å². The van der Waals surface area contributed by atoms with Crippen LogP contribution in [0.4, 0.5) is 4.79 Å². The third-order valence-corrected chi connectivity index (χ3v) is 5.91. The summed E-state index contributed by atoms with van der Waals surface area (Å²) in [6.45, 7) is 0.238. The average Bonchev–Trinajstić information content (AvgIpc) is 2.65. The van der Waals surface area contributed by atoms with Gasteiger partial charge in [0.15, 0.2) is 5.72 Å². The zero-order valence-corrected chi connectivity index (χ0v) is 15.5. The van der Waals surface area contributed by atoms with Gasteiger partial charge in [-0.05, 0) is 30.0 Å². The number of fused-ring (bicyclic) bond motifs is 1. The molecule has 0 radical (unpaired) electrons.